The van der Waals surface area contributed by atoms with E-state index in [0.29, 0.717) is 52.8 Å². The fourth-order valence-electron chi connectivity index (χ4n) is 21.5. The Labute approximate surface area is 709 Å². The van der Waals surface area contributed by atoms with Gasteiger partial charge in [0.05, 0.1) is 46.5 Å². The summed E-state index contributed by atoms with van der Waals surface area (Å²) >= 11 is 0. The summed E-state index contributed by atoms with van der Waals surface area (Å²) in [6, 6.07) is 72.1. The maximum Gasteiger partial charge on any atom is 0.220 e. The molecule has 0 N–H and O–H groups in total. The number of hydrogen-bond acceptors (Lipinski definition) is 0. The van der Waals surface area contributed by atoms with E-state index in [4.69, 9.17) is 11.0 Å². The summed E-state index contributed by atoms with van der Waals surface area (Å²) in [7, 11) is 8.33. The van der Waals surface area contributed by atoms with Gasteiger partial charge in [0.15, 0.2) is 23.3 Å². The fourth-order valence-corrected chi connectivity index (χ4v) is 21.5. The highest BCUT2D eigenvalue weighted by molar-refractivity contribution is 6.10. The second-order valence-electron chi connectivity index (χ2n) is 36.2. The van der Waals surface area contributed by atoms with Crippen LogP contribution in [-0.2, 0) is 40.0 Å². The second kappa shape index (κ2) is 32.5. The van der Waals surface area contributed by atoms with Gasteiger partial charge in [-0.25, -0.2) is 4.57 Å². The summed E-state index contributed by atoms with van der Waals surface area (Å²) in [5, 5.41) is 12.5. The van der Waals surface area contributed by atoms with E-state index in [2.05, 4.69) is 266 Å². The molecule has 10 aromatic carbocycles. The first-order chi connectivity index (χ1) is 59.6. The Bertz CT molecular complexity index is 6790. The molecule has 15 aromatic rings. The first kappa shape index (κ1) is 69.7. The van der Waals surface area contributed by atoms with Crippen molar-refractivity contribution in [2.45, 2.75) is 234 Å². The third kappa shape index (κ3) is 14.7. The topological polar surface area (TPSA) is 20.4 Å². The molecule has 4 saturated carbocycles. The van der Waals surface area contributed by atoms with E-state index < -0.39 is 13.2 Å². The Morgan fingerprint density at radius 3 is 1.37 bits per heavy atom. The number of benzene rings is 10. The smallest absolute Gasteiger partial charge is 0.220 e. The number of aromatic nitrogens is 5. The lowest BCUT2D eigenvalue weighted by molar-refractivity contribution is -0.665. The predicted molar refractivity (Wildman–Crippen MR) is 495 cm³/mol. The molecule has 0 saturated heterocycles. The van der Waals surface area contributed by atoms with Gasteiger partial charge >= 0.3 is 0 Å². The number of aryl methyl sites for hydroxylation is 7. The van der Waals surface area contributed by atoms with Crippen molar-refractivity contribution in [2.24, 2.45) is 28.2 Å². The molecule has 0 aliphatic heterocycles. The maximum absolute atomic E-state index is 8.57. The average Bonchev–Trinajstić information content (AvgIpc) is 1.60. The van der Waals surface area contributed by atoms with E-state index in [1.807, 2.05) is 33.0 Å². The summed E-state index contributed by atoms with van der Waals surface area (Å²) in [6.07, 6.45) is 19.7. The molecule has 0 amide bonds. The molecule has 0 atom stereocenters. The van der Waals surface area contributed by atoms with Crippen molar-refractivity contribution >= 4 is 64.9 Å². The van der Waals surface area contributed by atoms with E-state index in [9.17, 15) is 0 Å². The minimum Gasteiger partial charge on any atom is -0.338 e. The Kier molecular flexibility index (Phi) is 19.4. The summed E-state index contributed by atoms with van der Waals surface area (Å²) in [6.45, 7) is 23.4. The van der Waals surface area contributed by atoms with Gasteiger partial charge in [-0.1, -0.05) is 193 Å². The summed E-state index contributed by atoms with van der Waals surface area (Å²) in [5.41, 5.74) is 31.6. The van der Waals surface area contributed by atoms with E-state index in [1.54, 1.807) is 16.7 Å². The van der Waals surface area contributed by atoms with E-state index in [0.717, 1.165) is 45.1 Å². The van der Waals surface area contributed by atoms with Gasteiger partial charge in [-0.15, -0.1) is 0 Å². The number of fused-ring (bicyclic) bond motifs is 10. The van der Waals surface area contributed by atoms with Crippen LogP contribution < -0.4 is 18.3 Å². The van der Waals surface area contributed by atoms with E-state index in [1.165, 1.54) is 265 Å². The van der Waals surface area contributed by atoms with Crippen molar-refractivity contribution in [1.82, 2.24) is 4.57 Å². The monoisotopic (exact) mass is 1550 g/mol. The molecular weight excluding hydrogens is 1420 g/mol. The molecule has 5 nitrogen and oxygen atoms in total. The molecule has 0 radical (unpaired) electrons. The minimum absolute atomic E-state index is 0.0161. The molecule has 0 spiro atoms. The zero-order chi connectivity index (χ0) is 88.3. The molecule has 5 heterocycles. The van der Waals surface area contributed by atoms with Crippen LogP contribution in [-0.4, -0.2) is 4.57 Å². The second-order valence-corrected chi connectivity index (χ2v) is 36.2. The SMILES string of the molecule is Cc1cc2c(cc1-c1c3ccc(C4CCCC4)cc3cc(C)[n+]1C)C(C)(C)c1ccccc1-2.Cc1cc2c3ccccc3n(C(C)C)c2cc1-c1c2ccc(C3CCCC3)cc2cc(C)[n+]1C.[2H]c1cc([2H])c(C)c(-c2c3ccc(C4CCCC4)cc3cc(C)[n+]2C)c1.[2H]c1cc2cc(C3CCCC3)ccc2c(-c2cc(C([2H])([2H])[2H])cc(C([2H])([2H])C)c2C)[n+]1C. The van der Waals surface area contributed by atoms with Gasteiger partial charge in [0.2, 0.25) is 22.8 Å². The highest BCUT2D eigenvalue weighted by Crippen LogP contribution is 2.52. The number of hydrogen-bond donors (Lipinski definition) is 0. The van der Waals surface area contributed by atoms with Gasteiger partial charge in [0.25, 0.3) is 0 Å². The van der Waals surface area contributed by atoms with Gasteiger partial charge in [-0.2, -0.15) is 13.7 Å². The van der Waals surface area contributed by atoms with Crippen LogP contribution in [0, 0.1) is 55.3 Å². The van der Waals surface area contributed by atoms with Crippen molar-refractivity contribution in [1.29, 1.82) is 0 Å². The Hall–Kier alpha value is -10.4. The minimum atomic E-state index is -2.36. The molecule has 5 heteroatoms. The van der Waals surface area contributed by atoms with E-state index in [-0.39, 0.29) is 11.0 Å². The Morgan fingerprint density at radius 2 is 0.863 bits per heavy atom. The predicted octanol–water partition coefficient (Wildman–Crippen LogP) is 28.0. The van der Waals surface area contributed by atoms with Crippen LogP contribution in [0.1, 0.15) is 262 Å². The quantitative estimate of drug-likeness (QED) is 0.122. The van der Waals surface area contributed by atoms with Crippen molar-refractivity contribution in [3.63, 3.8) is 0 Å². The number of nitrogens with zero attached hydrogens (tertiary/aromatic N) is 5. The van der Waals surface area contributed by atoms with Crippen LogP contribution in [0.3, 0.4) is 0 Å². The molecule has 0 unspecified atom stereocenters. The van der Waals surface area contributed by atoms with Crippen LogP contribution in [0.2, 0.25) is 0 Å². The first-order valence-corrected chi connectivity index (χ1v) is 43.9. The lowest BCUT2D eigenvalue weighted by atomic mass is 9.81. The molecule has 5 aliphatic carbocycles. The molecule has 117 heavy (non-hydrogen) atoms. The Morgan fingerprint density at radius 1 is 0.402 bits per heavy atom. The summed E-state index contributed by atoms with van der Waals surface area (Å²) in [5.74, 6) is 2.75. The van der Waals surface area contributed by atoms with Crippen LogP contribution in [0.5, 0.6) is 0 Å². The van der Waals surface area contributed by atoms with Gasteiger partial charge in [-0.3, -0.25) is 0 Å². The van der Waals surface area contributed by atoms with Crippen LogP contribution >= 0.6 is 0 Å². The number of rotatable bonds is 10. The van der Waals surface area contributed by atoms with Gasteiger partial charge in [-0.05, 0) is 290 Å². The highest BCUT2D eigenvalue weighted by atomic mass is 15.0. The lowest BCUT2D eigenvalue weighted by Gasteiger charge is -2.22. The van der Waals surface area contributed by atoms with Crippen molar-refractivity contribution in [2.75, 3.05) is 0 Å². The third-order valence-electron chi connectivity index (χ3n) is 28.3. The molecule has 5 aliphatic rings. The molecule has 20 rings (SSSR count). The molecular formula is C112H125N5+4. The summed E-state index contributed by atoms with van der Waals surface area (Å²) < 4.78 is 76.5. The molecule has 594 valence electrons. The van der Waals surface area contributed by atoms with Gasteiger partial charge in [0, 0.05) is 85.2 Å². The first-order valence-electron chi connectivity index (χ1n) is 47.9. The third-order valence-corrected chi connectivity index (χ3v) is 28.3. The largest absolute Gasteiger partial charge is 0.338 e. The van der Waals surface area contributed by atoms with Crippen molar-refractivity contribution in [3.05, 3.63) is 296 Å². The van der Waals surface area contributed by atoms with Crippen molar-refractivity contribution < 1.29 is 29.2 Å². The standard InChI is InChI=1S/C32H35N2.C32H34N.C25H30N.C23H26N/c1-20(2)34-30-13-9-8-12-27(30)29-16-21(3)28(19-31(29)34)32-26-15-14-24(23-10-6-7-11-23)18-25(26)17-22(4)33(32)5;1-20-16-28-26-12-8-9-13-29(26)32(3,4)30(28)19-27(20)31-25-15-14-23(22-10-6-7-11-22)18-24(25)17-21(2)33(31)5;1-5-19-14-17(2)15-24(18(19)3)25-23-11-10-21(20-8-6-7-9-20)16-22(23)12-13-26(25)4;1-16-8-4-7-11-21(16)23-22-13-12-19(18-9-5-6-10-18)15-20(22)14-17(2)24(23)3/h8-9,12-20,23H,6-7,10-11H2,1-5H3;8-9,12-19,22H,6-7,10-11H2,1-5H3;10-16,20H,5-9H2,1-4H3;4,7-8,11-15,18H,5-6,9-10H2,1-3H3/q4*+1/i;;2D3,5D2,13D;7D,8D. The van der Waals surface area contributed by atoms with Crippen LogP contribution in [0.25, 0.3) is 121 Å². The fraction of sp³-hybridized carbons (Fsp3) is 0.357. The van der Waals surface area contributed by atoms with Crippen LogP contribution in [0.15, 0.2) is 212 Å². The Balaban J connectivity index is 0.000000118. The van der Waals surface area contributed by atoms with Crippen molar-refractivity contribution in [3.8, 4) is 56.2 Å². The van der Waals surface area contributed by atoms with Gasteiger partial charge in [0.1, 0.15) is 29.6 Å². The normalized spacial score (nSPS) is 16.8. The number of para-hydroxylation sites is 1. The maximum atomic E-state index is 8.57. The zero-order valence-corrected chi connectivity index (χ0v) is 72.4. The van der Waals surface area contributed by atoms with Crippen LogP contribution in [0.4, 0.5) is 0 Å². The number of pyridine rings is 4. The van der Waals surface area contributed by atoms with E-state index >= 15 is 0 Å². The lowest BCUT2D eigenvalue weighted by Crippen LogP contribution is -2.35. The average molecular weight is 1550 g/mol. The molecule has 0 bridgehead atoms. The summed E-state index contributed by atoms with van der Waals surface area (Å²) in [4.78, 5) is 0. The molecule has 4 fully saturated rings. The highest BCUT2D eigenvalue weighted by Gasteiger charge is 2.38. The zero-order valence-electron chi connectivity index (χ0n) is 80.4. The molecule has 5 aromatic heterocycles. The van der Waals surface area contributed by atoms with Gasteiger partial charge < -0.3 is 4.57 Å².